The Morgan fingerprint density at radius 1 is 0.972 bits per heavy atom. The van der Waals surface area contributed by atoms with Gasteiger partial charge in [0, 0.05) is 23.4 Å². The van der Waals surface area contributed by atoms with E-state index in [1.54, 1.807) is 67.8 Å². The van der Waals surface area contributed by atoms with Crippen molar-refractivity contribution in [1.29, 1.82) is 0 Å². The van der Waals surface area contributed by atoms with Gasteiger partial charge >= 0.3 is 0 Å². The summed E-state index contributed by atoms with van der Waals surface area (Å²) >= 11 is 0. The van der Waals surface area contributed by atoms with Gasteiger partial charge in [-0.2, -0.15) is 0 Å². The van der Waals surface area contributed by atoms with E-state index >= 15 is 0 Å². The van der Waals surface area contributed by atoms with Crippen LogP contribution in [0, 0.1) is 0 Å². The summed E-state index contributed by atoms with van der Waals surface area (Å²) in [6.45, 7) is 0.723. The molecule has 0 saturated heterocycles. The molecule has 0 aliphatic carbocycles. The van der Waals surface area contributed by atoms with Crippen molar-refractivity contribution in [3.63, 3.8) is 0 Å². The number of rotatable bonds is 7. The van der Waals surface area contributed by atoms with Crippen molar-refractivity contribution >= 4 is 23.5 Å². The van der Waals surface area contributed by atoms with Gasteiger partial charge in [0.05, 0.1) is 19.8 Å². The fourth-order valence-corrected chi connectivity index (χ4v) is 3.89. The van der Waals surface area contributed by atoms with E-state index in [0.717, 1.165) is 0 Å². The van der Waals surface area contributed by atoms with E-state index in [-0.39, 0.29) is 24.1 Å². The lowest BCUT2D eigenvalue weighted by atomic mass is 10.1. The molecule has 0 spiro atoms. The number of hydrogen-bond acceptors (Lipinski definition) is 8. The van der Waals surface area contributed by atoms with Crippen LogP contribution < -0.4 is 33.7 Å². The number of methoxy groups -OCH3 is 2. The Morgan fingerprint density at radius 2 is 1.81 bits per heavy atom. The molecule has 9 nitrogen and oxygen atoms in total. The molecular formula is C27H23NO8. The minimum absolute atomic E-state index is 0.144. The number of fused-ring (bicyclic) bond motifs is 2. The Morgan fingerprint density at radius 3 is 2.61 bits per heavy atom. The Balaban J connectivity index is 1.24. The molecule has 0 bridgehead atoms. The van der Waals surface area contributed by atoms with Gasteiger partial charge in [-0.3, -0.25) is 9.59 Å². The van der Waals surface area contributed by atoms with Gasteiger partial charge in [0.25, 0.3) is 5.91 Å². The molecular weight excluding hydrogens is 466 g/mol. The molecule has 1 amide bonds. The standard InChI is InChI=1S/C27H23NO8/c1-31-21-5-3-4-16(27(21)32-2)12-24-26(30)19-8-7-18(14-22(19)36-24)35-15-25(29)28-17-6-9-20-23(13-17)34-11-10-33-20/h3-9,12-14H,10-11,15H2,1-2H3,(H,28,29). The smallest absolute Gasteiger partial charge is 0.262 e. The fourth-order valence-electron chi connectivity index (χ4n) is 3.89. The molecule has 0 atom stereocenters. The van der Waals surface area contributed by atoms with Gasteiger partial charge in [-0.15, -0.1) is 0 Å². The van der Waals surface area contributed by atoms with Crippen LogP contribution in [0.25, 0.3) is 6.08 Å². The largest absolute Gasteiger partial charge is 0.493 e. The molecule has 0 fully saturated rings. The molecule has 0 saturated carbocycles. The summed E-state index contributed by atoms with van der Waals surface area (Å²) in [4.78, 5) is 25.2. The average Bonchev–Trinajstić information content (AvgIpc) is 3.21. The molecule has 3 aromatic carbocycles. The number of carbonyl (C=O) groups is 2. The van der Waals surface area contributed by atoms with E-state index in [0.29, 0.717) is 64.5 Å². The number of allylic oxidation sites excluding steroid dienone is 1. The van der Waals surface area contributed by atoms with Crippen molar-refractivity contribution in [2.75, 3.05) is 39.4 Å². The molecule has 5 rings (SSSR count). The van der Waals surface area contributed by atoms with Crippen molar-refractivity contribution in [2.45, 2.75) is 0 Å². The highest BCUT2D eigenvalue weighted by Gasteiger charge is 2.28. The highest BCUT2D eigenvalue weighted by atomic mass is 16.6. The van der Waals surface area contributed by atoms with Crippen LogP contribution in [0.15, 0.2) is 60.4 Å². The van der Waals surface area contributed by atoms with E-state index in [1.807, 2.05) is 0 Å². The first-order valence-corrected chi connectivity index (χ1v) is 11.2. The van der Waals surface area contributed by atoms with Crippen molar-refractivity contribution in [3.05, 3.63) is 71.5 Å². The summed E-state index contributed by atoms with van der Waals surface area (Å²) in [5.41, 5.74) is 1.61. The highest BCUT2D eigenvalue weighted by molar-refractivity contribution is 6.14. The van der Waals surface area contributed by atoms with Gasteiger partial charge in [0.15, 0.2) is 35.4 Å². The molecule has 36 heavy (non-hydrogen) atoms. The minimum atomic E-state index is -0.352. The lowest BCUT2D eigenvalue weighted by molar-refractivity contribution is -0.118. The maximum absolute atomic E-state index is 12.8. The number of nitrogens with one attached hydrogen (secondary N) is 1. The van der Waals surface area contributed by atoms with Gasteiger partial charge in [0.1, 0.15) is 24.7 Å². The van der Waals surface area contributed by atoms with Crippen molar-refractivity contribution in [1.82, 2.24) is 0 Å². The highest BCUT2D eigenvalue weighted by Crippen LogP contribution is 2.38. The molecule has 2 aliphatic rings. The van der Waals surface area contributed by atoms with Gasteiger partial charge < -0.3 is 33.7 Å². The first-order chi connectivity index (χ1) is 17.6. The zero-order chi connectivity index (χ0) is 25.1. The predicted molar refractivity (Wildman–Crippen MR) is 130 cm³/mol. The molecule has 0 aromatic heterocycles. The zero-order valence-corrected chi connectivity index (χ0v) is 19.7. The fraction of sp³-hybridized carbons (Fsp3) is 0.185. The predicted octanol–water partition coefficient (Wildman–Crippen LogP) is 4.11. The third-order valence-electron chi connectivity index (χ3n) is 5.56. The van der Waals surface area contributed by atoms with E-state index in [1.165, 1.54) is 7.11 Å². The second-order valence-electron chi connectivity index (χ2n) is 7.88. The monoisotopic (exact) mass is 489 g/mol. The third kappa shape index (κ3) is 4.63. The lowest BCUT2D eigenvalue weighted by Gasteiger charge is -2.19. The molecule has 184 valence electrons. The molecule has 3 aromatic rings. The van der Waals surface area contributed by atoms with Crippen LogP contribution in [0.1, 0.15) is 15.9 Å². The van der Waals surface area contributed by atoms with E-state index in [4.69, 9.17) is 28.4 Å². The number of para-hydroxylation sites is 1. The summed E-state index contributed by atoms with van der Waals surface area (Å²) in [6.07, 6.45) is 1.60. The third-order valence-corrected chi connectivity index (χ3v) is 5.56. The zero-order valence-electron chi connectivity index (χ0n) is 19.7. The van der Waals surface area contributed by atoms with Crippen LogP contribution in [0.5, 0.6) is 34.5 Å². The number of hydrogen-bond donors (Lipinski definition) is 1. The van der Waals surface area contributed by atoms with Crippen molar-refractivity contribution in [2.24, 2.45) is 0 Å². The maximum atomic E-state index is 12.8. The first kappa shape index (κ1) is 23.1. The number of amides is 1. The summed E-state index contributed by atoms with van der Waals surface area (Å²) < 4.78 is 33.2. The second-order valence-corrected chi connectivity index (χ2v) is 7.88. The Bertz CT molecular complexity index is 1360. The normalized spacial score (nSPS) is 14.6. The summed E-state index contributed by atoms with van der Waals surface area (Å²) in [5, 5.41) is 2.76. The van der Waals surface area contributed by atoms with Gasteiger partial charge in [-0.25, -0.2) is 0 Å². The Labute approximate surface area is 207 Å². The topological polar surface area (TPSA) is 102 Å². The van der Waals surface area contributed by atoms with Crippen LogP contribution >= 0.6 is 0 Å². The second kappa shape index (κ2) is 9.91. The number of ketones is 1. The summed E-state index contributed by atoms with van der Waals surface area (Å²) in [5.74, 6) is 2.51. The quantitative estimate of drug-likeness (QED) is 0.495. The molecule has 1 N–H and O–H groups in total. The van der Waals surface area contributed by atoms with Gasteiger partial charge in [0.2, 0.25) is 5.78 Å². The molecule has 2 aliphatic heterocycles. The average molecular weight is 489 g/mol. The van der Waals surface area contributed by atoms with Crippen molar-refractivity contribution in [3.8, 4) is 34.5 Å². The van der Waals surface area contributed by atoms with Gasteiger partial charge in [-0.1, -0.05) is 12.1 Å². The van der Waals surface area contributed by atoms with Crippen LogP contribution in [-0.4, -0.2) is 45.7 Å². The molecule has 0 radical (unpaired) electrons. The lowest BCUT2D eigenvalue weighted by Crippen LogP contribution is -2.20. The van der Waals surface area contributed by atoms with Gasteiger partial charge in [-0.05, 0) is 36.4 Å². The first-order valence-electron chi connectivity index (χ1n) is 11.2. The van der Waals surface area contributed by atoms with E-state index < -0.39 is 0 Å². The Hall–Kier alpha value is -4.66. The SMILES string of the molecule is COc1cccc(C=C2Oc3cc(OCC(=O)Nc4ccc5c(c4)OCCO5)ccc3C2=O)c1OC. The van der Waals surface area contributed by atoms with Crippen LogP contribution in [0.4, 0.5) is 5.69 Å². The summed E-state index contributed by atoms with van der Waals surface area (Å²) in [6, 6.07) is 15.3. The number of benzene rings is 3. The number of carbonyl (C=O) groups excluding carboxylic acids is 2. The van der Waals surface area contributed by atoms with Crippen LogP contribution in [0.2, 0.25) is 0 Å². The van der Waals surface area contributed by atoms with Crippen molar-refractivity contribution < 1.29 is 38.0 Å². The molecule has 2 heterocycles. The Kier molecular flexibility index (Phi) is 6.36. The maximum Gasteiger partial charge on any atom is 0.262 e. The number of anilines is 1. The van der Waals surface area contributed by atoms with E-state index in [9.17, 15) is 9.59 Å². The molecule has 9 heteroatoms. The van der Waals surface area contributed by atoms with E-state index in [2.05, 4.69) is 5.32 Å². The van der Waals surface area contributed by atoms with Crippen LogP contribution in [-0.2, 0) is 4.79 Å². The molecule has 0 unspecified atom stereocenters. The number of Topliss-reactive ketones (excluding diaryl/α,β-unsaturated/α-hetero) is 1. The van der Waals surface area contributed by atoms with Crippen LogP contribution in [0.3, 0.4) is 0 Å². The number of ether oxygens (including phenoxy) is 6. The summed E-state index contributed by atoms with van der Waals surface area (Å²) in [7, 11) is 3.07. The minimum Gasteiger partial charge on any atom is -0.493 e.